The lowest BCUT2D eigenvalue weighted by Crippen LogP contribution is -2.26. The summed E-state index contributed by atoms with van der Waals surface area (Å²) in [5.74, 6) is 0.438. The van der Waals surface area contributed by atoms with E-state index in [-0.39, 0.29) is 10.8 Å². The van der Waals surface area contributed by atoms with E-state index in [1.165, 1.54) is 17.0 Å². The van der Waals surface area contributed by atoms with E-state index in [0.717, 1.165) is 5.56 Å². The van der Waals surface area contributed by atoms with Gasteiger partial charge in [-0.3, -0.25) is 9.52 Å². The fourth-order valence-electron chi connectivity index (χ4n) is 2.85. The zero-order chi connectivity index (χ0) is 20.9. The van der Waals surface area contributed by atoms with Crippen LogP contribution in [0.2, 0.25) is 0 Å². The Labute approximate surface area is 170 Å². The number of hydrogen-bond acceptors (Lipinski definition) is 4. The molecule has 0 saturated heterocycles. The first-order chi connectivity index (χ1) is 13.9. The van der Waals surface area contributed by atoms with Crippen molar-refractivity contribution < 1.29 is 17.9 Å². The number of sulfonamides is 1. The molecule has 0 spiro atoms. The number of carbonyl (C=O) groups excluding carboxylic acids is 1. The molecule has 0 saturated carbocycles. The Balaban J connectivity index is 1.78. The van der Waals surface area contributed by atoms with Gasteiger partial charge in [0.1, 0.15) is 5.75 Å². The van der Waals surface area contributed by atoms with Crippen molar-refractivity contribution in [2.45, 2.75) is 11.4 Å². The van der Waals surface area contributed by atoms with Gasteiger partial charge in [-0.2, -0.15) is 0 Å². The van der Waals surface area contributed by atoms with Gasteiger partial charge in [-0.15, -0.1) is 0 Å². The van der Waals surface area contributed by atoms with Gasteiger partial charge in [0.2, 0.25) is 0 Å². The van der Waals surface area contributed by atoms with Crippen LogP contribution < -0.4 is 9.46 Å². The Morgan fingerprint density at radius 3 is 2.41 bits per heavy atom. The van der Waals surface area contributed by atoms with Gasteiger partial charge in [-0.1, -0.05) is 36.4 Å². The predicted molar refractivity (Wildman–Crippen MR) is 112 cm³/mol. The largest absolute Gasteiger partial charge is 0.497 e. The smallest absolute Gasteiger partial charge is 0.261 e. The molecule has 0 aliphatic carbocycles. The number of anilines is 1. The molecular weight excluding hydrogens is 388 g/mol. The highest BCUT2D eigenvalue weighted by atomic mass is 32.2. The SMILES string of the molecule is COc1cccc(CN(C)C(=O)c2cccc(S(=O)(=O)Nc3ccccc3)c2)c1. The summed E-state index contributed by atoms with van der Waals surface area (Å²) in [6, 6.07) is 22.1. The summed E-state index contributed by atoms with van der Waals surface area (Å²) in [6.07, 6.45) is 0. The van der Waals surface area contributed by atoms with Crippen molar-refractivity contribution in [1.29, 1.82) is 0 Å². The molecule has 0 heterocycles. The zero-order valence-electron chi connectivity index (χ0n) is 16.2. The van der Waals surface area contributed by atoms with Gasteiger partial charge in [0.25, 0.3) is 15.9 Å². The van der Waals surface area contributed by atoms with Crippen LogP contribution in [0.4, 0.5) is 5.69 Å². The van der Waals surface area contributed by atoms with Crippen LogP contribution in [0.3, 0.4) is 0 Å². The van der Waals surface area contributed by atoms with Gasteiger partial charge < -0.3 is 9.64 Å². The van der Waals surface area contributed by atoms with Crippen molar-refractivity contribution in [3.8, 4) is 5.75 Å². The topological polar surface area (TPSA) is 75.7 Å². The Morgan fingerprint density at radius 1 is 0.966 bits per heavy atom. The van der Waals surface area contributed by atoms with Crippen LogP contribution in [-0.2, 0) is 16.6 Å². The van der Waals surface area contributed by atoms with E-state index in [0.29, 0.717) is 23.5 Å². The Bertz CT molecular complexity index is 1100. The van der Waals surface area contributed by atoms with Crippen molar-refractivity contribution in [2.75, 3.05) is 18.9 Å². The minimum atomic E-state index is -3.80. The summed E-state index contributed by atoms with van der Waals surface area (Å²) in [7, 11) is -0.542. The van der Waals surface area contributed by atoms with E-state index in [4.69, 9.17) is 4.74 Å². The second kappa shape index (κ2) is 8.79. The highest BCUT2D eigenvalue weighted by Crippen LogP contribution is 2.19. The molecular formula is C22H22N2O4S. The average Bonchev–Trinajstić information content (AvgIpc) is 2.74. The molecule has 150 valence electrons. The second-order valence-electron chi connectivity index (χ2n) is 6.51. The molecule has 29 heavy (non-hydrogen) atoms. The molecule has 0 unspecified atom stereocenters. The van der Waals surface area contributed by atoms with E-state index in [1.54, 1.807) is 56.6 Å². The van der Waals surface area contributed by atoms with E-state index in [9.17, 15) is 13.2 Å². The van der Waals surface area contributed by atoms with Crippen molar-refractivity contribution in [2.24, 2.45) is 0 Å². The monoisotopic (exact) mass is 410 g/mol. The van der Waals surface area contributed by atoms with Crippen molar-refractivity contribution in [1.82, 2.24) is 4.90 Å². The fraction of sp³-hybridized carbons (Fsp3) is 0.136. The van der Waals surface area contributed by atoms with Gasteiger partial charge in [0.05, 0.1) is 12.0 Å². The number of carbonyl (C=O) groups is 1. The van der Waals surface area contributed by atoms with E-state index >= 15 is 0 Å². The van der Waals surface area contributed by atoms with Crippen LogP contribution in [-0.4, -0.2) is 33.4 Å². The number of nitrogens with zero attached hydrogens (tertiary/aromatic N) is 1. The first-order valence-corrected chi connectivity index (χ1v) is 10.4. The maximum Gasteiger partial charge on any atom is 0.261 e. The first kappa shape index (κ1) is 20.4. The molecule has 3 aromatic rings. The standard InChI is InChI=1S/C22H22N2O4S/c1-24(16-17-8-6-12-20(14-17)28-2)22(25)18-9-7-13-21(15-18)29(26,27)23-19-10-4-3-5-11-19/h3-15,23H,16H2,1-2H3. The molecule has 7 heteroatoms. The molecule has 3 aromatic carbocycles. The van der Waals surface area contributed by atoms with Gasteiger partial charge >= 0.3 is 0 Å². The van der Waals surface area contributed by atoms with Crippen molar-refractivity contribution >= 4 is 21.6 Å². The maximum absolute atomic E-state index is 12.8. The summed E-state index contributed by atoms with van der Waals surface area (Å²) < 4.78 is 33.0. The number of nitrogens with one attached hydrogen (secondary N) is 1. The molecule has 0 radical (unpaired) electrons. The quantitative estimate of drug-likeness (QED) is 0.643. The summed E-state index contributed by atoms with van der Waals surface area (Å²) in [4.78, 5) is 14.4. The summed E-state index contributed by atoms with van der Waals surface area (Å²) in [6.45, 7) is 0.370. The first-order valence-electron chi connectivity index (χ1n) is 8.95. The number of para-hydroxylation sites is 1. The lowest BCUT2D eigenvalue weighted by Gasteiger charge is -2.18. The minimum absolute atomic E-state index is 0.0296. The van der Waals surface area contributed by atoms with Crippen LogP contribution in [0.5, 0.6) is 5.75 Å². The highest BCUT2D eigenvalue weighted by molar-refractivity contribution is 7.92. The molecule has 0 aliphatic rings. The summed E-state index contributed by atoms with van der Waals surface area (Å²) in [5, 5.41) is 0. The van der Waals surface area contributed by atoms with Gasteiger partial charge in [0, 0.05) is 24.8 Å². The fourth-order valence-corrected chi connectivity index (χ4v) is 3.96. The third-order valence-electron chi connectivity index (χ3n) is 4.32. The third-order valence-corrected chi connectivity index (χ3v) is 5.70. The average molecular weight is 410 g/mol. The molecule has 0 bridgehead atoms. The molecule has 1 N–H and O–H groups in total. The summed E-state index contributed by atoms with van der Waals surface area (Å²) >= 11 is 0. The van der Waals surface area contributed by atoms with Gasteiger partial charge in [-0.25, -0.2) is 8.42 Å². The number of rotatable bonds is 7. The third kappa shape index (κ3) is 5.14. The molecule has 0 aromatic heterocycles. The zero-order valence-corrected chi connectivity index (χ0v) is 17.0. The number of hydrogen-bond donors (Lipinski definition) is 1. The molecule has 6 nitrogen and oxygen atoms in total. The highest BCUT2D eigenvalue weighted by Gasteiger charge is 2.18. The van der Waals surface area contributed by atoms with E-state index < -0.39 is 10.0 Å². The lowest BCUT2D eigenvalue weighted by molar-refractivity contribution is 0.0784. The molecule has 0 atom stereocenters. The van der Waals surface area contributed by atoms with Crippen LogP contribution in [0, 0.1) is 0 Å². The van der Waals surface area contributed by atoms with Gasteiger partial charge in [-0.05, 0) is 48.0 Å². The second-order valence-corrected chi connectivity index (χ2v) is 8.19. The molecule has 0 aliphatic heterocycles. The Hall–Kier alpha value is -3.32. The minimum Gasteiger partial charge on any atom is -0.497 e. The Morgan fingerprint density at radius 2 is 1.69 bits per heavy atom. The van der Waals surface area contributed by atoms with Crippen LogP contribution in [0.15, 0.2) is 83.8 Å². The Kier molecular flexibility index (Phi) is 6.19. The maximum atomic E-state index is 12.8. The van der Waals surface area contributed by atoms with Crippen molar-refractivity contribution in [3.63, 3.8) is 0 Å². The van der Waals surface area contributed by atoms with Crippen LogP contribution in [0.1, 0.15) is 15.9 Å². The predicted octanol–water partition coefficient (Wildman–Crippen LogP) is 3.77. The van der Waals surface area contributed by atoms with Crippen molar-refractivity contribution in [3.05, 3.63) is 90.0 Å². The molecule has 1 amide bonds. The number of methoxy groups -OCH3 is 1. The number of ether oxygens (including phenoxy) is 1. The van der Waals surface area contributed by atoms with E-state index in [1.807, 2.05) is 24.3 Å². The van der Waals surface area contributed by atoms with Crippen LogP contribution >= 0.6 is 0 Å². The number of benzene rings is 3. The number of amides is 1. The van der Waals surface area contributed by atoms with Gasteiger partial charge in [0.15, 0.2) is 0 Å². The van der Waals surface area contributed by atoms with Crippen LogP contribution in [0.25, 0.3) is 0 Å². The van der Waals surface area contributed by atoms with E-state index in [2.05, 4.69) is 4.72 Å². The molecule has 3 rings (SSSR count). The summed E-state index contributed by atoms with van der Waals surface area (Å²) in [5.41, 5.74) is 1.67. The molecule has 0 fully saturated rings. The normalized spacial score (nSPS) is 11.0. The lowest BCUT2D eigenvalue weighted by atomic mass is 10.1.